The van der Waals surface area contributed by atoms with Gasteiger partial charge in [0.2, 0.25) is 0 Å². The van der Waals surface area contributed by atoms with E-state index in [9.17, 15) is 10.2 Å². The van der Waals surface area contributed by atoms with Crippen LogP contribution in [0.15, 0.2) is 16.6 Å². The van der Waals surface area contributed by atoms with Crippen LogP contribution >= 0.6 is 15.9 Å². The fourth-order valence-electron chi connectivity index (χ4n) is 2.63. The third-order valence-electron chi connectivity index (χ3n) is 3.67. The second-order valence-corrected chi connectivity index (χ2v) is 6.15. The van der Waals surface area contributed by atoms with Gasteiger partial charge in [-0.3, -0.25) is 0 Å². The van der Waals surface area contributed by atoms with Crippen molar-refractivity contribution in [1.82, 2.24) is 0 Å². The van der Waals surface area contributed by atoms with Gasteiger partial charge in [-0.05, 0) is 43.9 Å². The van der Waals surface area contributed by atoms with Gasteiger partial charge in [0, 0.05) is 10.0 Å². The Bertz CT molecular complexity index is 434. The quantitative estimate of drug-likeness (QED) is 0.837. The van der Waals surface area contributed by atoms with E-state index in [0.29, 0.717) is 0 Å². The normalized spacial score (nSPS) is 24.0. The molecule has 0 heterocycles. The first-order valence-corrected chi connectivity index (χ1v) is 7.65. The lowest BCUT2D eigenvalue weighted by Crippen LogP contribution is -2.31. The van der Waals surface area contributed by atoms with E-state index in [1.165, 1.54) is 0 Å². The van der Waals surface area contributed by atoms with Crippen LogP contribution in [0.1, 0.15) is 43.2 Å². The number of aliphatic hydroxyl groups is 2. The Hall–Kier alpha value is -0.580. The zero-order valence-electron chi connectivity index (χ0n) is 11.2. The molecule has 1 aliphatic carbocycles. The lowest BCUT2D eigenvalue weighted by Gasteiger charge is -2.24. The third-order valence-corrected chi connectivity index (χ3v) is 4.13. The number of ether oxygens (including phenoxy) is 1. The van der Waals surface area contributed by atoms with Crippen molar-refractivity contribution in [3.05, 3.63) is 27.7 Å². The van der Waals surface area contributed by atoms with E-state index >= 15 is 0 Å². The third kappa shape index (κ3) is 3.71. The van der Waals surface area contributed by atoms with Gasteiger partial charge in [0.1, 0.15) is 11.9 Å². The van der Waals surface area contributed by atoms with Gasteiger partial charge in [0.15, 0.2) is 0 Å². The highest BCUT2D eigenvalue weighted by Crippen LogP contribution is 2.31. The van der Waals surface area contributed by atoms with E-state index in [0.717, 1.165) is 53.5 Å². The van der Waals surface area contributed by atoms with Crippen molar-refractivity contribution in [3.8, 4) is 5.75 Å². The van der Waals surface area contributed by atoms with Crippen LogP contribution < -0.4 is 4.74 Å². The Morgan fingerprint density at radius 3 is 2.74 bits per heavy atom. The van der Waals surface area contributed by atoms with Gasteiger partial charge in [-0.15, -0.1) is 0 Å². The minimum absolute atomic E-state index is 0.0571. The van der Waals surface area contributed by atoms with Crippen molar-refractivity contribution in [3.63, 3.8) is 0 Å². The molecule has 3 nitrogen and oxygen atoms in total. The van der Waals surface area contributed by atoms with E-state index in [2.05, 4.69) is 15.9 Å². The van der Waals surface area contributed by atoms with Gasteiger partial charge in [0.05, 0.1) is 12.7 Å². The first-order chi connectivity index (χ1) is 9.11. The Morgan fingerprint density at radius 2 is 2.00 bits per heavy atom. The fraction of sp³-hybridized carbons (Fsp3) is 0.600. The maximum Gasteiger partial charge on any atom is 0.128 e. The van der Waals surface area contributed by atoms with Crippen LogP contribution in [0.2, 0.25) is 0 Å². The van der Waals surface area contributed by atoms with Crippen molar-refractivity contribution in [2.24, 2.45) is 0 Å². The Kier molecular flexibility index (Phi) is 5.25. The first-order valence-electron chi connectivity index (χ1n) is 6.86. The molecule has 0 amide bonds. The van der Waals surface area contributed by atoms with E-state index in [-0.39, 0.29) is 12.7 Å². The van der Waals surface area contributed by atoms with Crippen molar-refractivity contribution in [1.29, 1.82) is 0 Å². The molecule has 0 spiro atoms. The van der Waals surface area contributed by atoms with Crippen molar-refractivity contribution in [2.75, 3.05) is 0 Å². The summed E-state index contributed by atoms with van der Waals surface area (Å²) in [6, 6.07) is 3.84. The maximum atomic E-state index is 10.1. The van der Waals surface area contributed by atoms with Gasteiger partial charge in [-0.25, -0.2) is 0 Å². The second kappa shape index (κ2) is 6.73. The van der Waals surface area contributed by atoms with Gasteiger partial charge in [0.25, 0.3) is 0 Å². The highest BCUT2D eigenvalue weighted by molar-refractivity contribution is 9.10. The minimum Gasteiger partial charge on any atom is -0.487 e. The molecule has 0 saturated heterocycles. The molecule has 4 heteroatoms. The molecular formula is C15H21BrO3. The smallest absolute Gasteiger partial charge is 0.128 e. The average molecular weight is 329 g/mol. The maximum absolute atomic E-state index is 10.1. The zero-order valence-corrected chi connectivity index (χ0v) is 12.8. The summed E-state index contributed by atoms with van der Waals surface area (Å²) in [5, 5.41) is 19.6. The monoisotopic (exact) mass is 328 g/mol. The molecule has 1 aromatic rings. The summed E-state index contributed by atoms with van der Waals surface area (Å²) in [5.41, 5.74) is 1.75. The highest BCUT2D eigenvalue weighted by Gasteiger charge is 2.24. The second-order valence-electron chi connectivity index (χ2n) is 5.23. The lowest BCUT2D eigenvalue weighted by molar-refractivity contribution is 0.0303. The molecule has 0 bridgehead atoms. The Morgan fingerprint density at radius 1 is 1.26 bits per heavy atom. The molecular weight excluding hydrogens is 308 g/mol. The van der Waals surface area contributed by atoms with Crippen molar-refractivity contribution < 1.29 is 14.9 Å². The molecule has 2 N–H and O–H groups in total. The number of hydrogen-bond acceptors (Lipinski definition) is 3. The Balaban J connectivity index is 2.21. The number of hydrogen-bond donors (Lipinski definition) is 2. The summed E-state index contributed by atoms with van der Waals surface area (Å²) in [5.74, 6) is 0.719. The SMILES string of the molecule is Cc1cc(Br)cc(CO)c1OC1CCCCCC1O. The predicted molar refractivity (Wildman–Crippen MR) is 78.3 cm³/mol. The minimum atomic E-state index is -0.405. The summed E-state index contributed by atoms with van der Waals surface area (Å²) in [6.45, 7) is 1.90. The summed E-state index contributed by atoms with van der Waals surface area (Å²) in [7, 11) is 0. The number of aryl methyl sites for hydroxylation is 1. The van der Waals surface area contributed by atoms with E-state index < -0.39 is 6.10 Å². The average Bonchev–Trinajstić information content (AvgIpc) is 2.57. The van der Waals surface area contributed by atoms with Crippen LogP contribution in [-0.2, 0) is 6.61 Å². The molecule has 2 unspecified atom stereocenters. The predicted octanol–water partition coefficient (Wildman–Crippen LogP) is 3.32. The van der Waals surface area contributed by atoms with Crippen LogP contribution in [0.5, 0.6) is 5.75 Å². The molecule has 106 valence electrons. The molecule has 2 rings (SSSR count). The fourth-order valence-corrected chi connectivity index (χ4v) is 3.25. The lowest BCUT2D eigenvalue weighted by atomic mass is 10.1. The largest absolute Gasteiger partial charge is 0.487 e. The molecule has 1 saturated carbocycles. The summed E-state index contributed by atoms with van der Waals surface area (Å²) in [6.07, 6.45) is 4.42. The summed E-state index contributed by atoms with van der Waals surface area (Å²) in [4.78, 5) is 0. The van der Waals surface area contributed by atoms with Crippen molar-refractivity contribution in [2.45, 2.75) is 57.8 Å². The topological polar surface area (TPSA) is 49.7 Å². The van der Waals surface area contributed by atoms with Crippen LogP contribution in [0.4, 0.5) is 0 Å². The molecule has 19 heavy (non-hydrogen) atoms. The molecule has 0 radical (unpaired) electrons. The van der Waals surface area contributed by atoms with E-state index in [4.69, 9.17) is 4.74 Å². The molecule has 1 aliphatic rings. The van der Waals surface area contributed by atoms with Crippen LogP contribution in [0.3, 0.4) is 0 Å². The zero-order chi connectivity index (χ0) is 13.8. The molecule has 0 aliphatic heterocycles. The highest BCUT2D eigenvalue weighted by atomic mass is 79.9. The number of rotatable bonds is 3. The van der Waals surface area contributed by atoms with Gasteiger partial charge in [-0.2, -0.15) is 0 Å². The van der Waals surface area contributed by atoms with Crippen LogP contribution in [-0.4, -0.2) is 22.4 Å². The number of halogens is 1. The molecule has 1 fully saturated rings. The molecule has 1 aromatic carbocycles. The molecule has 0 aromatic heterocycles. The van der Waals surface area contributed by atoms with E-state index in [1.807, 2.05) is 19.1 Å². The van der Waals surface area contributed by atoms with Crippen LogP contribution in [0, 0.1) is 6.92 Å². The first kappa shape index (κ1) is 14.8. The van der Waals surface area contributed by atoms with Gasteiger partial charge in [-0.1, -0.05) is 28.8 Å². The van der Waals surface area contributed by atoms with Crippen LogP contribution in [0.25, 0.3) is 0 Å². The van der Waals surface area contributed by atoms with Gasteiger partial charge >= 0.3 is 0 Å². The number of aliphatic hydroxyl groups excluding tert-OH is 2. The Labute approximate surface area is 122 Å². The summed E-state index contributed by atoms with van der Waals surface area (Å²) < 4.78 is 6.96. The van der Waals surface area contributed by atoms with Crippen molar-refractivity contribution >= 4 is 15.9 Å². The van der Waals surface area contributed by atoms with Gasteiger partial charge < -0.3 is 14.9 Å². The summed E-state index contributed by atoms with van der Waals surface area (Å²) >= 11 is 3.42. The van der Waals surface area contributed by atoms with E-state index in [1.54, 1.807) is 0 Å². The standard InChI is InChI=1S/C15H21BrO3/c1-10-7-12(16)8-11(9-17)15(10)19-14-6-4-2-3-5-13(14)18/h7-8,13-14,17-18H,2-6,9H2,1H3. The molecule has 2 atom stereocenters. The number of benzene rings is 1.